The highest BCUT2D eigenvalue weighted by Crippen LogP contribution is 2.51. The molecule has 1 aliphatic heterocycles. The molecular weight excluding hydrogens is 312 g/mol. The zero-order valence-electron chi connectivity index (χ0n) is 13.9. The third kappa shape index (κ3) is 1.88. The van der Waals surface area contributed by atoms with Crippen LogP contribution in [0.15, 0.2) is 54.6 Å². The van der Waals surface area contributed by atoms with Crippen LogP contribution in [0.5, 0.6) is 0 Å². The lowest BCUT2D eigenvalue weighted by Gasteiger charge is -2.31. The van der Waals surface area contributed by atoms with Gasteiger partial charge in [-0.1, -0.05) is 48.5 Å². The standard InChI is InChI=1S/C21H18N2O2/c1-23-20(24)18-14(12-7-3-2-4-8-12)11-16-17(19(18)21(23)25)13-9-5-6-10-15(13)22-16/h2-10,14,18-19,22H,11H2,1H3. The maximum absolute atomic E-state index is 12.9. The SMILES string of the molecule is CN1C(=O)C2c3c([nH]c4ccccc34)CC(c3ccccc3)C2C1=O. The van der Waals surface area contributed by atoms with Gasteiger partial charge in [0.2, 0.25) is 11.8 Å². The van der Waals surface area contributed by atoms with Gasteiger partial charge in [-0.2, -0.15) is 0 Å². The fraction of sp³-hybridized carbons (Fsp3) is 0.238. The topological polar surface area (TPSA) is 53.2 Å². The van der Waals surface area contributed by atoms with Crippen LogP contribution in [0.2, 0.25) is 0 Å². The Labute approximate surface area is 145 Å². The molecule has 1 N–H and O–H groups in total. The average Bonchev–Trinajstić information content (AvgIpc) is 3.13. The van der Waals surface area contributed by atoms with Gasteiger partial charge in [-0.3, -0.25) is 14.5 Å². The highest BCUT2D eigenvalue weighted by molar-refractivity contribution is 6.10. The van der Waals surface area contributed by atoms with Crippen LogP contribution in [0.25, 0.3) is 10.9 Å². The van der Waals surface area contributed by atoms with Gasteiger partial charge in [0.15, 0.2) is 0 Å². The summed E-state index contributed by atoms with van der Waals surface area (Å²) in [4.78, 5) is 30.6. The first-order valence-corrected chi connectivity index (χ1v) is 8.62. The number of benzene rings is 2. The summed E-state index contributed by atoms with van der Waals surface area (Å²) in [6, 6.07) is 18.1. The van der Waals surface area contributed by atoms with Crippen LogP contribution in [-0.4, -0.2) is 28.7 Å². The molecule has 2 heterocycles. The number of likely N-dealkylation sites (N-methyl/N-ethyl adjacent to an activating group) is 1. The number of hydrogen-bond donors (Lipinski definition) is 1. The molecule has 0 saturated carbocycles. The van der Waals surface area contributed by atoms with Crippen molar-refractivity contribution in [2.24, 2.45) is 5.92 Å². The Morgan fingerprint density at radius 3 is 2.48 bits per heavy atom. The molecule has 2 amide bonds. The monoisotopic (exact) mass is 330 g/mol. The van der Waals surface area contributed by atoms with Gasteiger partial charge >= 0.3 is 0 Å². The highest BCUT2D eigenvalue weighted by Gasteiger charge is 2.54. The number of aromatic nitrogens is 1. The Hall–Kier alpha value is -2.88. The maximum atomic E-state index is 12.9. The number of nitrogens with zero attached hydrogens (tertiary/aromatic N) is 1. The molecule has 1 fully saturated rings. The second-order valence-corrected chi connectivity index (χ2v) is 7.02. The van der Waals surface area contributed by atoms with E-state index < -0.39 is 0 Å². The summed E-state index contributed by atoms with van der Waals surface area (Å²) in [5.74, 6) is -0.816. The van der Waals surface area contributed by atoms with E-state index in [1.807, 2.05) is 42.5 Å². The predicted octanol–water partition coefficient (Wildman–Crippen LogP) is 3.21. The van der Waals surface area contributed by atoms with Crippen LogP contribution in [0.4, 0.5) is 0 Å². The van der Waals surface area contributed by atoms with Gasteiger partial charge in [-0.25, -0.2) is 0 Å². The fourth-order valence-corrected chi connectivity index (χ4v) is 4.65. The zero-order chi connectivity index (χ0) is 17.1. The summed E-state index contributed by atoms with van der Waals surface area (Å²) in [7, 11) is 1.61. The van der Waals surface area contributed by atoms with E-state index in [9.17, 15) is 9.59 Å². The normalized spacial score (nSPS) is 25.3. The molecule has 3 atom stereocenters. The summed E-state index contributed by atoms with van der Waals surface area (Å²) >= 11 is 0. The van der Waals surface area contributed by atoms with Crippen LogP contribution in [0, 0.1) is 5.92 Å². The van der Waals surface area contributed by atoms with Crippen molar-refractivity contribution in [3.05, 3.63) is 71.4 Å². The lowest BCUT2D eigenvalue weighted by atomic mass is 9.69. The Kier molecular flexibility index (Phi) is 2.93. The number of nitrogens with one attached hydrogen (secondary N) is 1. The highest BCUT2D eigenvalue weighted by atomic mass is 16.2. The van der Waals surface area contributed by atoms with Gasteiger partial charge < -0.3 is 4.98 Å². The second-order valence-electron chi connectivity index (χ2n) is 7.02. The van der Waals surface area contributed by atoms with Crippen molar-refractivity contribution in [1.29, 1.82) is 0 Å². The molecular formula is C21H18N2O2. The molecule has 1 saturated heterocycles. The quantitative estimate of drug-likeness (QED) is 0.697. The van der Waals surface area contributed by atoms with Gasteiger partial charge in [-0.15, -0.1) is 0 Å². The lowest BCUT2D eigenvalue weighted by Crippen LogP contribution is -2.31. The van der Waals surface area contributed by atoms with Crippen LogP contribution in [0.3, 0.4) is 0 Å². The summed E-state index contributed by atoms with van der Waals surface area (Å²) in [6.45, 7) is 0. The average molecular weight is 330 g/mol. The third-order valence-corrected chi connectivity index (χ3v) is 5.80. The predicted molar refractivity (Wildman–Crippen MR) is 95.2 cm³/mol. The number of amides is 2. The number of rotatable bonds is 1. The van der Waals surface area contributed by atoms with E-state index in [-0.39, 0.29) is 29.6 Å². The van der Waals surface area contributed by atoms with Crippen LogP contribution < -0.4 is 0 Å². The molecule has 124 valence electrons. The molecule has 0 spiro atoms. The number of aromatic amines is 1. The fourth-order valence-electron chi connectivity index (χ4n) is 4.65. The molecule has 5 rings (SSSR count). The molecule has 25 heavy (non-hydrogen) atoms. The van der Waals surface area contributed by atoms with E-state index in [4.69, 9.17) is 0 Å². The minimum absolute atomic E-state index is 0.0214. The number of carbonyl (C=O) groups excluding carboxylic acids is 2. The first-order valence-electron chi connectivity index (χ1n) is 8.62. The molecule has 4 nitrogen and oxygen atoms in total. The Morgan fingerprint density at radius 2 is 1.68 bits per heavy atom. The third-order valence-electron chi connectivity index (χ3n) is 5.80. The Bertz CT molecular complexity index is 1010. The van der Waals surface area contributed by atoms with E-state index in [1.54, 1.807) is 7.05 Å². The van der Waals surface area contributed by atoms with E-state index >= 15 is 0 Å². The number of fused-ring (bicyclic) bond motifs is 5. The summed E-state index contributed by atoms with van der Waals surface area (Å²) in [5.41, 5.74) is 4.27. The summed E-state index contributed by atoms with van der Waals surface area (Å²) in [5, 5.41) is 1.07. The largest absolute Gasteiger partial charge is 0.358 e. The van der Waals surface area contributed by atoms with Gasteiger partial charge in [0.05, 0.1) is 11.8 Å². The van der Waals surface area contributed by atoms with E-state index in [2.05, 4.69) is 17.1 Å². The minimum atomic E-state index is -0.386. The molecule has 3 unspecified atom stereocenters. The summed E-state index contributed by atoms with van der Waals surface area (Å²) < 4.78 is 0. The number of imide groups is 1. The molecule has 1 aromatic heterocycles. The second kappa shape index (κ2) is 5.06. The van der Waals surface area contributed by atoms with Gasteiger partial charge in [0.1, 0.15) is 0 Å². The van der Waals surface area contributed by atoms with Crippen molar-refractivity contribution in [3.8, 4) is 0 Å². The molecule has 1 aliphatic carbocycles. The zero-order valence-corrected chi connectivity index (χ0v) is 13.9. The van der Waals surface area contributed by atoms with E-state index in [0.717, 1.165) is 34.1 Å². The first-order chi connectivity index (χ1) is 12.2. The smallest absolute Gasteiger partial charge is 0.237 e. The maximum Gasteiger partial charge on any atom is 0.237 e. The molecule has 2 aliphatic rings. The van der Waals surface area contributed by atoms with Crippen molar-refractivity contribution < 1.29 is 9.59 Å². The van der Waals surface area contributed by atoms with Crippen molar-refractivity contribution in [2.75, 3.05) is 7.05 Å². The van der Waals surface area contributed by atoms with Gasteiger partial charge in [0, 0.05) is 29.6 Å². The van der Waals surface area contributed by atoms with Crippen LogP contribution >= 0.6 is 0 Å². The van der Waals surface area contributed by atoms with Crippen molar-refractivity contribution >= 4 is 22.7 Å². The summed E-state index contributed by atoms with van der Waals surface area (Å²) in [6.07, 6.45) is 0.752. The minimum Gasteiger partial charge on any atom is -0.358 e. The molecule has 3 aromatic rings. The molecule has 0 bridgehead atoms. The van der Waals surface area contributed by atoms with Gasteiger partial charge in [-0.05, 0) is 23.6 Å². The number of carbonyl (C=O) groups is 2. The van der Waals surface area contributed by atoms with E-state index in [0.29, 0.717) is 0 Å². The van der Waals surface area contributed by atoms with Gasteiger partial charge in [0.25, 0.3) is 0 Å². The molecule has 4 heteroatoms. The number of hydrogen-bond acceptors (Lipinski definition) is 2. The molecule has 2 aromatic carbocycles. The Morgan fingerprint density at radius 1 is 0.960 bits per heavy atom. The number of H-pyrrole nitrogens is 1. The van der Waals surface area contributed by atoms with Crippen molar-refractivity contribution in [2.45, 2.75) is 18.3 Å². The van der Waals surface area contributed by atoms with E-state index in [1.165, 1.54) is 4.90 Å². The van der Waals surface area contributed by atoms with Crippen LogP contribution in [0.1, 0.15) is 28.7 Å². The van der Waals surface area contributed by atoms with Crippen molar-refractivity contribution in [1.82, 2.24) is 9.88 Å². The first kappa shape index (κ1) is 14.5. The lowest BCUT2D eigenvalue weighted by molar-refractivity contribution is -0.138. The molecule has 0 radical (unpaired) electrons. The number of likely N-dealkylation sites (tertiary alicyclic amines) is 1. The Balaban J connectivity index is 1.76. The van der Waals surface area contributed by atoms with Crippen LogP contribution in [-0.2, 0) is 16.0 Å². The van der Waals surface area contributed by atoms with Crippen molar-refractivity contribution in [3.63, 3.8) is 0 Å². The number of para-hydroxylation sites is 1.